The highest BCUT2D eigenvalue weighted by atomic mass is 16.1. The van der Waals surface area contributed by atoms with E-state index in [0.29, 0.717) is 5.56 Å². The summed E-state index contributed by atoms with van der Waals surface area (Å²) in [6.45, 7) is 0.760. The zero-order chi connectivity index (χ0) is 25.7. The number of nitrogens with zero attached hydrogens (tertiary/aromatic N) is 1. The van der Waals surface area contributed by atoms with Gasteiger partial charge in [-0.15, -0.1) is 0 Å². The Labute approximate surface area is 225 Å². The lowest BCUT2D eigenvalue weighted by molar-refractivity contribution is 0.112. The van der Waals surface area contributed by atoms with Gasteiger partial charge in [0.25, 0.3) is 0 Å². The summed E-state index contributed by atoms with van der Waals surface area (Å²) in [6, 6.07) is 45.2. The molecule has 0 heterocycles. The first kappa shape index (κ1) is 23.9. The van der Waals surface area contributed by atoms with Gasteiger partial charge in [0.05, 0.1) is 6.04 Å². The molecule has 1 aliphatic rings. The van der Waals surface area contributed by atoms with Gasteiger partial charge in [0, 0.05) is 23.4 Å². The molecule has 6 rings (SSSR count). The Balaban J connectivity index is 1.46. The van der Waals surface area contributed by atoms with Gasteiger partial charge in [-0.3, -0.25) is 4.79 Å². The normalized spacial score (nSPS) is 14.5. The topological polar surface area (TPSA) is 20.3 Å². The van der Waals surface area contributed by atoms with Crippen LogP contribution in [0.4, 0.5) is 5.69 Å². The Morgan fingerprint density at radius 1 is 0.684 bits per heavy atom. The summed E-state index contributed by atoms with van der Waals surface area (Å²) in [7, 11) is 0. The number of carbonyl (C=O) groups is 1. The molecule has 0 fully saturated rings. The predicted molar refractivity (Wildman–Crippen MR) is 157 cm³/mol. The standard InChI is InChI=1S/C36H31NO/c38-26-28-20-23-34(31-12-5-2-6-13-31)36(24-28)37(35-17-9-15-32-14-7-8-16-33(32)35)25-27-18-21-30(22-19-27)29-10-3-1-4-11-29/h1-8,10-14,16,18-24,26,35H,9,15,17,25H2/t35-/m0/s1. The monoisotopic (exact) mass is 493 g/mol. The largest absolute Gasteiger partial charge is 0.360 e. The number of aryl methyl sites for hydroxylation is 1. The number of hydrogen-bond acceptors (Lipinski definition) is 2. The Morgan fingerprint density at radius 3 is 2.08 bits per heavy atom. The maximum atomic E-state index is 11.9. The van der Waals surface area contributed by atoms with E-state index in [4.69, 9.17) is 0 Å². The third-order valence-corrected chi connectivity index (χ3v) is 7.68. The lowest BCUT2D eigenvalue weighted by Gasteiger charge is -2.39. The summed E-state index contributed by atoms with van der Waals surface area (Å²) in [6.07, 6.45) is 4.31. The number of anilines is 1. The minimum Gasteiger partial charge on any atom is -0.360 e. The van der Waals surface area contributed by atoms with Crippen LogP contribution >= 0.6 is 0 Å². The van der Waals surface area contributed by atoms with Crippen molar-refractivity contribution in [2.24, 2.45) is 0 Å². The zero-order valence-electron chi connectivity index (χ0n) is 21.5. The van der Waals surface area contributed by atoms with E-state index in [9.17, 15) is 4.79 Å². The van der Waals surface area contributed by atoms with Gasteiger partial charge in [-0.05, 0) is 58.7 Å². The van der Waals surface area contributed by atoms with Crippen LogP contribution in [0.3, 0.4) is 0 Å². The summed E-state index contributed by atoms with van der Waals surface area (Å²) < 4.78 is 0. The van der Waals surface area contributed by atoms with Crippen molar-refractivity contribution in [1.82, 2.24) is 0 Å². The minimum absolute atomic E-state index is 0.234. The smallest absolute Gasteiger partial charge is 0.150 e. The summed E-state index contributed by atoms with van der Waals surface area (Å²) in [5.41, 5.74) is 10.6. The molecular weight excluding hydrogens is 462 g/mol. The molecule has 1 aliphatic carbocycles. The average Bonchev–Trinajstić information content (AvgIpc) is 3.00. The SMILES string of the molecule is O=Cc1ccc(-c2ccccc2)c(N(Cc2ccc(-c3ccccc3)cc2)[C@H]2CCCc3ccccc32)c1. The van der Waals surface area contributed by atoms with Crippen molar-refractivity contribution >= 4 is 12.0 Å². The van der Waals surface area contributed by atoms with Gasteiger partial charge >= 0.3 is 0 Å². The lowest BCUT2D eigenvalue weighted by atomic mass is 9.85. The quantitative estimate of drug-likeness (QED) is 0.211. The van der Waals surface area contributed by atoms with Crippen molar-refractivity contribution in [3.63, 3.8) is 0 Å². The Bertz CT molecular complexity index is 1520. The highest BCUT2D eigenvalue weighted by Crippen LogP contribution is 2.42. The van der Waals surface area contributed by atoms with Crippen molar-refractivity contribution in [3.8, 4) is 22.3 Å². The van der Waals surface area contributed by atoms with E-state index < -0.39 is 0 Å². The number of hydrogen-bond donors (Lipinski definition) is 0. The zero-order valence-corrected chi connectivity index (χ0v) is 21.5. The fraction of sp³-hybridized carbons (Fsp3) is 0.139. The molecule has 0 N–H and O–H groups in total. The van der Waals surface area contributed by atoms with E-state index >= 15 is 0 Å². The Hall–Kier alpha value is -4.43. The van der Waals surface area contributed by atoms with E-state index in [1.54, 1.807) is 0 Å². The summed E-state index contributed by atoms with van der Waals surface area (Å²) >= 11 is 0. The molecule has 0 aromatic heterocycles. The molecule has 0 bridgehead atoms. The van der Waals surface area contributed by atoms with Crippen molar-refractivity contribution in [2.75, 3.05) is 4.90 Å². The van der Waals surface area contributed by atoms with Crippen LogP contribution in [-0.4, -0.2) is 6.29 Å². The third-order valence-electron chi connectivity index (χ3n) is 7.68. The van der Waals surface area contributed by atoms with Gasteiger partial charge in [0.15, 0.2) is 0 Å². The van der Waals surface area contributed by atoms with Gasteiger partial charge in [-0.25, -0.2) is 0 Å². The first-order valence-corrected chi connectivity index (χ1v) is 13.4. The third kappa shape index (κ3) is 4.90. The Morgan fingerprint density at radius 2 is 1.34 bits per heavy atom. The van der Waals surface area contributed by atoms with Crippen LogP contribution < -0.4 is 4.90 Å². The number of benzene rings is 5. The first-order chi connectivity index (χ1) is 18.8. The molecule has 0 spiro atoms. The summed E-state index contributed by atoms with van der Waals surface area (Å²) in [5.74, 6) is 0. The van der Waals surface area contributed by atoms with Crippen molar-refractivity contribution < 1.29 is 4.79 Å². The maximum Gasteiger partial charge on any atom is 0.150 e. The van der Waals surface area contributed by atoms with Gasteiger partial charge in [-0.1, -0.05) is 121 Å². The van der Waals surface area contributed by atoms with E-state index in [1.165, 1.54) is 27.8 Å². The van der Waals surface area contributed by atoms with Crippen LogP contribution in [0.25, 0.3) is 22.3 Å². The second-order valence-electron chi connectivity index (χ2n) is 10.1. The maximum absolute atomic E-state index is 11.9. The van der Waals surface area contributed by atoms with Crippen LogP contribution in [-0.2, 0) is 13.0 Å². The fourth-order valence-electron chi connectivity index (χ4n) is 5.77. The van der Waals surface area contributed by atoms with E-state index in [2.05, 4.69) is 120 Å². The number of rotatable bonds is 7. The van der Waals surface area contributed by atoms with Crippen molar-refractivity contribution in [1.29, 1.82) is 0 Å². The van der Waals surface area contributed by atoms with Gasteiger partial charge in [0.2, 0.25) is 0 Å². The molecule has 0 radical (unpaired) electrons. The van der Waals surface area contributed by atoms with E-state index in [0.717, 1.165) is 48.9 Å². The second kappa shape index (κ2) is 10.9. The molecule has 5 aromatic rings. The van der Waals surface area contributed by atoms with Gasteiger partial charge in [0.1, 0.15) is 6.29 Å². The van der Waals surface area contributed by atoms with Crippen molar-refractivity contribution in [2.45, 2.75) is 31.8 Å². The lowest BCUT2D eigenvalue weighted by Crippen LogP contribution is -2.31. The number of aldehydes is 1. The predicted octanol–water partition coefficient (Wildman–Crippen LogP) is 8.92. The molecule has 2 heteroatoms. The molecule has 0 amide bonds. The van der Waals surface area contributed by atoms with Crippen LogP contribution in [0.15, 0.2) is 127 Å². The van der Waals surface area contributed by atoms with Crippen LogP contribution in [0.5, 0.6) is 0 Å². The van der Waals surface area contributed by atoms with E-state index in [1.807, 2.05) is 12.1 Å². The molecule has 0 saturated carbocycles. The first-order valence-electron chi connectivity index (χ1n) is 13.4. The van der Waals surface area contributed by atoms with Crippen LogP contribution in [0.1, 0.15) is 45.9 Å². The molecule has 38 heavy (non-hydrogen) atoms. The Kier molecular flexibility index (Phi) is 6.87. The van der Waals surface area contributed by atoms with Crippen LogP contribution in [0, 0.1) is 0 Å². The minimum atomic E-state index is 0.234. The van der Waals surface area contributed by atoms with Gasteiger partial charge < -0.3 is 4.90 Å². The number of fused-ring (bicyclic) bond motifs is 1. The highest BCUT2D eigenvalue weighted by molar-refractivity contribution is 5.85. The second-order valence-corrected chi connectivity index (χ2v) is 10.1. The van der Waals surface area contributed by atoms with Crippen molar-refractivity contribution in [3.05, 3.63) is 150 Å². The number of carbonyl (C=O) groups excluding carboxylic acids is 1. The van der Waals surface area contributed by atoms with Crippen LogP contribution in [0.2, 0.25) is 0 Å². The average molecular weight is 494 g/mol. The molecule has 186 valence electrons. The molecule has 5 aromatic carbocycles. The van der Waals surface area contributed by atoms with E-state index in [-0.39, 0.29) is 6.04 Å². The molecule has 0 aliphatic heterocycles. The molecule has 1 atom stereocenters. The molecular formula is C36H31NO. The fourth-order valence-corrected chi connectivity index (χ4v) is 5.77. The summed E-state index contributed by atoms with van der Waals surface area (Å²) in [4.78, 5) is 14.4. The summed E-state index contributed by atoms with van der Waals surface area (Å²) in [5, 5.41) is 0. The highest BCUT2D eigenvalue weighted by Gasteiger charge is 2.28. The molecule has 0 unspecified atom stereocenters. The molecule has 2 nitrogen and oxygen atoms in total. The van der Waals surface area contributed by atoms with Gasteiger partial charge in [-0.2, -0.15) is 0 Å². The molecule has 0 saturated heterocycles.